The molecule has 104 valence electrons. The third kappa shape index (κ3) is 3.78. The van der Waals surface area contributed by atoms with Gasteiger partial charge in [-0.1, -0.05) is 29.8 Å². The fraction of sp³-hybridized carbons (Fsp3) is 0.462. The van der Waals surface area contributed by atoms with Gasteiger partial charge in [-0.05, 0) is 12.5 Å². The fourth-order valence-corrected chi connectivity index (χ4v) is 3.63. The molecule has 5 nitrogen and oxygen atoms in total. The van der Waals surface area contributed by atoms with Crippen LogP contribution in [0.25, 0.3) is 0 Å². The topological polar surface area (TPSA) is 66.5 Å². The van der Waals surface area contributed by atoms with Gasteiger partial charge in [0.15, 0.2) is 0 Å². The van der Waals surface area contributed by atoms with E-state index in [4.69, 9.17) is 0 Å². The Hall–Kier alpha value is -1.40. The third-order valence-electron chi connectivity index (χ3n) is 3.13. The van der Waals surface area contributed by atoms with Crippen molar-refractivity contribution in [2.45, 2.75) is 25.1 Å². The van der Waals surface area contributed by atoms with Crippen molar-refractivity contribution < 1.29 is 13.2 Å². The Labute approximate surface area is 113 Å². The SMILES string of the molecule is Cc1cccc(CS(=O)(=O)NC2CC(=O)N(C)C2)c1. The minimum atomic E-state index is -3.41. The summed E-state index contributed by atoms with van der Waals surface area (Å²) in [6.07, 6.45) is 0.240. The van der Waals surface area contributed by atoms with Gasteiger partial charge in [0, 0.05) is 26.1 Å². The molecule has 0 bridgehead atoms. The van der Waals surface area contributed by atoms with E-state index in [1.54, 1.807) is 18.0 Å². The first-order valence-corrected chi connectivity index (χ1v) is 7.80. The number of carbonyl (C=O) groups is 1. The molecule has 1 saturated heterocycles. The van der Waals surface area contributed by atoms with Crippen molar-refractivity contribution in [2.24, 2.45) is 0 Å². The zero-order chi connectivity index (χ0) is 14.0. The van der Waals surface area contributed by atoms with Crippen LogP contribution in [0.3, 0.4) is 0 Å². The summed E-state index contributed by atoms with van der Waals surface area (Å²) in [6.45, 7) is 2.36. The molecular formula is C13H18N2O3S. The van der Waals surface area contributed by atoms with Crippen LogP contribution in [0.1, 0.15) is 17.5 Å². The summed E-state index contributed by atoms with van der Waals surface area (Å²) in [5, 5.41) is 0. The van der Waals surface area contributed by atoms with Gasteiger partial charge in [-0.2, -0.15) is 0 Å². The monoisotopic (exact) mass is 282 g/mol. The second kappa shape index (κ2) is 5.30. The van der Waals surface area contributed by atoms with Gasteiger partial charge < -0.3 is 4.90 Å². The van der Waals surface area contributed by atoms with Crippen molar-refractivity contribution in [1.29, 1.82) is 0 Å². The summed E-state index contributed by atoms with van der Waals surface area (Å²) in [4.78, 5) is 12.9. The van der Waals surface area contributed by atoms with Gasteiger partial charge in [0.1, 0.15) is 0 Å². The molecule has 1 amide bonds. The molecule has 1 atom stereocenters. The number of aryl methyl sites for hydroxylation is 1. The van der Waals surface area contributed by atoms with Gasteiger partial charge in [-0.15, -0.1) is 0 Å². The number of hydrogen-bond acceptors (Lipinski definition) is 3. The summed E-state index contributed by atoms with van der Waals surface area (Å²) in [5.41, 5.74) is 1.79. The zero-order valence-electron chi connectivity index (χ0n) is 11.1. The van der Waals surface area contributed by atoms with Crippen LogP contribution in [0, 0.1) is 6.92 Å². The molecule has 1 fully saturated rings. The average Bonchev–Trinajstić information content (AvgIpc) is 2.55. The molecule has 6 heteroatoms. The molecule has 1 aliphatic heterocycles. The average molecular weight is 282 g/mol. The van der Waals surface area contributed by atoms with Gasteiger partial charge in [0.05, 0.1) is 5.75 Å². The largest absolute Gasteiger partial charge is 0.344 e. The summed E-state index contributed by atoms with van der Waals surface area (Å²) < 4.78 is 26.7. The Morgan fingerprint density at radius 2 is 2.16 bits per heavy atom. The minimum absolute atomic E-state index is 0.0248. The Morgan fingerprint density at radius 3 is 2.74 bits per heavy atom. The van der Waals surface area contributed by atoms with E-state index in [9.17, 15) is 13.2 Å². The van der Waals surface area contributed by atoms with Crippen molar-refractivity contribution in [1.82, 2.24) is 9.62 Å². The summed E-state index contributed by atoms with van der Waals surface area (Å²) >= 11 is 0. The molecule has 0 aromatic heterocycles. The van der Waals surface area contributed by atoms with E-state index in [1.807, 2.05) is 25.1 Å². The molecule has 1 unspecified atom stereocenters. The van der Waals surface area contributed by atoms with Crippen LogP contribution >= 0.6 is 0 Å². The molecule has 1 aliphatic rings. The number of benzene rings is 1. The quantitative estimate of drug-likeness (QED) is 0.881. The van der Waals surface area contributed by atoms with Crippen LogP contribution in [0.4, 0.5) is 0 Å². The minimum Gasteiger partial charge on any atom is -0.344 e. The van der Waals surface area contributed by atoms with E-state index in [0.717, 1.165) is 11.1 Å². The molecule has 0 saturated carbocycles. The first kappa shape index (κ1) is 14.0. The lowest BCUT2D eigenvalue weighted by atomic mass is 10.2. The number of nitrogens with one attached hydrogen (secondary N) is 1. The van der Waals surface area contributed by atoms with Crippen LogP contribution in [0.15, 0.2) is 24.3 Å². The number of carbonyl (C=O) groups excluding carboxylic acids is 1. The van der Waals surface area contributed by atoms with Gasteiger partial charge >= 0.3 is 0 Å². The lowest BCUT2D eigenvalue weighted by Gasteiger charge is -2.13. The normalized spacial score (nSPS) is 20.0. The number of likely N-dealkylation sites (tertiary alicyclic amines) is 1. The molecule has 0 spiro atoms. The highest BCUT2D eigenvalue weighted by Gasteiger charge is 2.29. The fourth-order valence-electron chi connectivity index (χ4n) is 2.26. The number of likely N-dealkylation sites (N-methyl/N-ethyl adjacent to an activating group) is 1. The highest BCUT2D eigenvalue weighted by atomic mass is 32.2. The van der Waals surface area contributed by atoms with E-state index in [2.05, 4.69) is 4.72 Å². The summed E-state index contributed by atoms with van der Waals surface area (Å²) in [5.74, 6) is -0.0773. The number of rotatable bonds is 4. The smallest absolute Gasteiger partial charge is 0.224 e. The number of amides is 1. The van der Waals surface area contributed by atoms with Crippen LogP contribution < -0.4 is 4.72 Å². The molecule has 1 aromatic carbocycles. The standard InChI is InChI=1S/C13H18N2O3S/c1-10-4-3-5-11(6-10)9-19(17,18)14-12-7-13(16)15(2)8-12/h3-6,12,14H,7-9H2,1-2H3. The second-order valence-electron chi connectivity index (χ2n) is 5.04. The Morgan fingerprint density at radius 1 is 1.42 bits per heavy atom. The predicted octanol–water partition coefficient (Wildman–Crippen LogP) is 0.645. The highest BCUT2D eigenvalue weighted by Crippen LogP contribution is 2.12. The summed E-state index contributed by atoms with van der Waals surface area (Å²) in [6, 6.07) is 7.09. The molecule has 1 heterocycles. The number of nitrogens with zero attached hydrogens (tertiary/aromatic N) is 1. The van der Waals surface area contributed by atoms with Gasteiger partial charge in [-0.3, -0.25) is 4.79 Å². The first-order valence-electron chi connectivity index (χ1n) is 6.15. The second-order valence-corrected chi connectivity index (χ2v) is 6.80. The third-order valence-corrected chi connectivity index (χ3v) is 4.53. The van der Waals surface area contributed by atoms with E-state index < -0.39 is 10.0 Å². The molecule has 19 heavy (non-hydrogen) atoms. The van der Waals surface area contributed by atoms with Crippen LogP contribution in [0.5, 0.6) is 0 Å². The van der Waals surface area contributed by atoms with E-state index in [0.29, 0.717) is 6.54 Å². The van der Waals surface area contributed by atoms with Crippen molar-refractivity contribution in [3.8, 4) is 0 Å². The maximum atomic E-state index is 12.0. The van der Waals surface area contributed by atoms with Crippen molar-refractivity contribution in [2.75, 3.05) is 13.6 Å². The first-order chi connectivity index (χ1) is 8.85. The van der Waals surface area contributed by atoms with Crippen molar-refractivity contribution in [3.63, 3.8) is 0 Å². The van der Waals surface area contributed by atoms with Crippen LogP contribution in [0.2, 0.25) is 0 Å². The Balaban J connectivity index is 2.01. The van der Waals surface area contributed by atoms with E-state index >= 15 is 0 Å². The maximum Gasteiger partial charge on any atom is 0.224 e. The van der Waals surface area contributed by atoms with E-state index in [1.165, 1.54) is 0 Å². The van der Waals surface area contributed by atoms with E-state index in [-0.39, 0.29) is 24.1 Å². The number of sulfonamides is 1. The molecular weight excluding hydrogens is 264 g/mol. The van der Waals surface area contributed by atoms with Gasteiger partial charge in [-0.25, -0.2) is 13.1 Å². The molecule has 1 aromatic rings. The van der Waals surface area contributed by atoms with Crippen molar-refractivity contribution in [3.05, 3.63) is 35.4 Å². The Bertz CT molecular complexity index is 583. The van der Waals surface area contributed by atoms with Crippen LogP contribution in [-0.2, 0) is 20.6 Å². The molecule has 0 radical (unpaired) electrons. The number of hydrogen-bond donors (Lipinski definition) is 1. The molecule has 0 aliphatic carbocycles. The van der Waals surface area contributed by atoms with Crippen LogP contribution in [-0.4, -0.2) is 38.9 Å². The van der Waals surface area contributed by atoms with Crippen molar-refractivity contribution >= 4 is 15.9 Å². The predicted molar refractivity (Wildman–Crippen MR) is 73.0 cm³/mol. The highest BCUT2D eigenvalue weighted by molar-refractivity contribution is 7.88. The zero-order valence-corrected chi connectivity index (χ0v) is 11.9. The van der Waals surface area contributed by atoms with Gasteiger partial charge in [0.25, 0.3) is 0 Å². The lowest BCUT2D eigenvalue weighted by molar-refractivity contribution is -0.126. The molecule has 1 N–H and O–H groups in total. The molecule has 2 rings (SSSR count). The lowest BCUT2D eigenvalue weighted by Crippen LogP contribution is -2.37. The maximum absolute atomic E-state index is 12.0. The summed E-state index contributed by atoms with van der Waals surface area (Å²) in [7, 11) is -1.73. The van der Waals surface area contributed by atoms with Gasteiger partial charge in [0.2, 0.25) is 15.9 Å². The Kier molecular flexibility index (Phi) is 3.91.